The molecular formula is C10H15NO2. The van der Waals surface area contributed by atoms with E-state index in [4.69, 9.17) is 10.8 Å². The standard InChI is InChI=1S/C10H15NO2/c1-10(2,11)9(13)7-3-5-8(12)6-4-7/h3-6,9,12-13H,11H2,1-2H3. The maximum atomic E-state index is 9.74. The summed E-state index contributed by atoms with van der Waals surface area (Å²) in [5.74, 6) is 0.186. The predicted octanol–water partition coefficient (Wildman–Crippen LogP) is 1.16. The van der Waals surface area contributed by atoms with Gasteiger partial charge < -0.3 is 15.9 Å². The zero-order chi connectivity index (χ0) is 10.1. The van der Waals surface area contributed by atoms with E-state index in [1.807, 2.05) is 0 Å². The maximum Gasteiger partial charge on any atom is 0.115 e. The van der Waals surface area contributed by atoms with Crippen molar-refractivity contribution in [1.29, 1.82) is 0 Å². The molecule has 0 aliphatic rings. The lowest BCUT2D eigenvalue weighted by Gasteiger charge is -2.26. The number of rotatable bonds is 2. The Morgan fingerprint density at radius 1 is 1.23 bits per heavy atom. The molecule has 3 heteroatoms. The van der Waals surface area contributed by atoms with Crippen molar-refractivity contribution in [1.82, 2.24) is 0 Å². The topological polar surface area (TPSA) is 66.5 Å². The Morgan fingerprint density at radius 3 is 2.08 bits per heavy atom. The van der Waals surface area contributed by atoms with Gasteiger partial charge in [-0.2, -0.15) is 0 Å². The van der Waals surface area contributed by atoms with E-state index in [1.54, 1.807) is 26.0 Å². The molecule has 4 N–H and O–H groups in total. The van der Waals surface area contributed by atoms with Gasteiger partial charge in [0.1, 0.15) is 5.75 Å². The Morgan fingerprint density at radius 2 is 1.69 bits per heavy atom. The van der Waals surface area contributed by atoms with Crippen molar-refractivity contribution in [2.75, 3.05) is 0 Å². The van der Waals surface area contributed by atoms with Crippen LogP contribution in [0.2, 0.25) is 0 Å². The van der Waals surface area contributed by atoms with Crippen LogP contribution in [0.3, 0.4) is 0 Å². The number of hydrogen-bond donors (Lipinski definition) is 3. The molecule has 0 saturated heterocycles. The number of aromatic hydroxyl groups is 1. The summed E-state index contributed by atoms with van der Waals surface area (Å²) in [6.07, 6.45) is -0.715. The molecule has 1 rings (SSSR count). The lowest BCUT2D eigenvalue weighted by atomic mass is 9.92. The van der Waals surface area contributed by atoms with E-state index in [-0.39, 0.29) is 5.75 Å². The second kappa shape index (κ2) is 3.36. The van der Waals surface area contributed by atoms with Crippen molar-refractivity contribution >= 4 is 0 Å². The van der Waals surface area contributed by atoms with Crippen LogP contribution in [0.25, 0.3) is 0 Å². The number of phenols is 1. The zero-order valence-electron chi connectivity index (χ0n) is 7.86. The number of aliphatic hydroxyl groups is 1. The minimum atomic E-state index is -0.715. The molecule has 0 amide bonds. The molecule has 0 heterocycles. The minimum Gasteiger partial charge on any atom is -0.508 e. The highest BCUT2D eigenvalue weighted by atomic mass is 16.3. The van der Waals surface area contributed by atoms with E-state index in [1.165, 1.54) is 12.1 Å². The van der Waals surface area contributed by atoms with Gasteiger partial charge in [-0.3, -0.25) is 0 Å². The first-order chi connectivity index (χ1) is 5.91. The van der Waals surface area contributed by atoms with Gasteiger partial charge in [0, 0.05) is 5.54 Å². The molecule has 0 aromatic heterocycles. The van der Waals surface area contributed by atoms with Crippen LogP contribution in [-0.2, 0) is 0 Å². The number of nitrogens with two attached hydrogens (primary N) is 1. The molecule has 0 aliphatic heterocycles. The van der Waals surface area contributed by atoms with Crippen molar-refractivity contribution in [2.24, 2.45) is 5.73 Å². The summed E-state index contributed by atoms with van der Waals surface area (Å²) >= 11 is 0. The van der Waals surface area contributed by atoms with Crippen LogP contribution in [0.1, 0.15) is 25.5 Å². The van der Waals surface area contributed by atoms with Gasteiger partial charge in [-0.05, 0) is 31.5 Å². The molecule has 1 atom stereocenters. The number of aliphatic hydroxyl groups excluding tert-OH is 1. The Bertz CT molecular complexity index is 274. The van der Waals surface area contributed by atoms with E-state index in [0.717, 1.165) is 0 Å². The zero-order valence-corrected chi connectivity index (χ0v) is 7.86. The monoisotopic (exact) mass is 181 g/mol. The minimum absolute atomic E-state index is 0.186. The highest BCUT2D eigenvalue weighted by Gasteiger charge is 2.23. The normalized spacial score (nSPS) is 14.2. The number of hydrogen-bond acceptors (Lipinski definition) is 3. The average molecular weight is 181 g/mol. The summed E-state index contributed by atoms with van der Waals surface area (Å²) in [7, 11) is 0. The lowest BCUT2D eigenvalue weighted by Crippen LogP contribution is -2.39. The largest absolute Gasteiger partial charge is 0.508 e. The molecule has 0 spiro atoms. The Kier molecular flexibility index (Phi) is 2.59. The van der Waals surface area contributed by atoms with E-state index in [9.17, 15) is 5.11 Å². The van der Waals surface area contributed by atoms with Gasteiger partial charge in [0.25, 0.3) is 0 Å². The molecular weight excluding hydrogens is 166 g/mol. The first-order valence-electron chi connectivity index (χ1n) is 4.17. The van der Waals surface area contributed by atoms with E-state index in [0.29, 0.717) is 5.56 Å². The van der Waals surface area contributed by atoms with Gasteiger partial charge in [0.2, 0.25) is 0 Å². The van der Waals surface area contributed by atoms with Crippen molar-refractivity contribution in [2.45, 2.75) is 25.5 Å². The third kappa shape index (κ3) is 2.44. The number of benzene rings is 1. The summed E-state index contributed by atoms with van der Waals surface area (Å²) in [5, 5.41) is 18.8. The van der Waals surface area contributed by atoms with Crippen LogP contribution in [-0.4, -0.2) is 15.8 Å². The Hall–Kier alpha value is -1.06. The second-order valence-corrected chi connectivity index (χ2v) is 3.82. The summed E-state index contributed by atoms with van der Waals surface area (Å²) in [4.78, 5) is 0. The van der Waals surface area contributed by atoms with Gasteiger partial charge >= 0.3 is 0 Å². The van der Waals surface area contributed by atoms with E-state index in [2.05, 4.69) is 0 Å². The highest BCUT2D eigenvalue weighted by molar-refractivity contribution is 5.28. The van der Waals surface area contributed by atoms with E-state index < -0.39 is 11.6 Å². The predicted molar refractivity (Wildman–Crippen MR) is 51.3 cm³/mol. The van der Waals surface area contributed by atoms with Crippen molar-refractivity contribution in [3.05, 3.63) is 29.8 Å². The lowest BCUT2D eigenvalue weighted by molar-refractivity contribution is 0.104. The molecule has 72 valence electrons. The van der Waals surface area contributed by atoms with Gasteiger partial charge in [-0.25, -0.2) is 0 Å². The van der Waals surface area contributed by atoms with Gasteiger partial charge in [0.05, 0.1) is 6.10 Å². The summed E-state index contributed by atoms with van der Waals surface area (Å²) in [6, 6.07) is 6.39. The molecule has 0 saturated carbocycles. The fourth-order valence-corrected chi connectivity index (χ4v) is 1.09. The van der Waals surface area contributed by atoms with Gasteiger partial charge in [-0.1, -0.05) is 12.1 Å². The fourth-order valence-electron chi connectivity index (χ4n) is 1.09. The van der Waals surface area contributed by atoms with Crippen LogP contribution < -0.4 is 5.73 Å². The fraction of sp³-hybridized carbons (Fsp3) is 0.400. The average Bonchev–Trinajstić information content (AvgIpc) is 2.03. The first kappa shape index (κ1) is 10.0. The molecule has 3 nitrogen and oxygen atoms in total. The number of phenolic OH excluding ortho intramolecular Hbond substituents is 1. The third-order valence-electron chi connectivity index (χ3n) is 1.91. The highest BCUT2D eigenvalue weighted by Crippen LogP contribution is 2.24. The summed E-state index contributed by atoms with van der Waals surface area (Å²) in [5.41, 5.74) is 5.78. The molecule has 0 radical (unpaired) electrons. The van der Waals surface area contributed by atoms with Gasteiger partial charge in [-0.15, -0.1) is 0 Å². The molecule has 0 fully saturated rings. The van der Waals surface area contributed by atoms with E-state index >= 15 is 0 Å². The molecule has 1 unspecified atom stereocenters. The van der Waals surface area contributed by atoms with Crippen molar-refractivity contribution in [3.8, 4) is 5.75 Å². The molecule has 0 aliphatic carbocycles. The third-order valence-corrected chi connectivity index (χ3v) is 1.91. The molecule has 13 heavy (non-hydrogen) atoms. The van der Waals surface area contributed by atoms with Gasteiger partial charge in [0.15, 0.2) is 0 Å². The quantitative estimate of drug-likeness (QED) is 0.641. The summed E-state index contributed by atoms with van der Waals surface area (Å²) < 4.78 is 0. The van der Waals surface area contributed by atoms with Crippen LogP contribution in [0.4, 0.5) is 0 Å². The van der Waals surface area contributed by atoms with Crippen LogP contribution in [0.5, 0.6) is 5.75 Å². The molecule has 0 bridgehead atoms. The SMILES string of the molecule is CC(C)(N)C(O)c1ccc(O)cc1. The molecule has 1 aromatic rings. The van der Waals surface area contributed by atoms with Crippen LogP contribution in [0, 0.1) is 0 Å². The maximum absolute atomic E-state index is 9.74. The van der Waals surface area contributed by atoms with Crippen LogP contribution in [0.15, 0.2) is 24.3 Å². The van der Waals surface area contributed by atoms with Crippen LogP contribution >= 0.6 is 0 Å². The second-order valence-electron chi connectivity index (χ2n) is 3.82. The summed E-state index contributed by atoms with van der Waals surface area (Å²) in [6.45, 7) is 3.51. The Balaban J connectivity index is 2.90. The first-order valence-corrected chi connectivity index (χ1v) is 4.17. The van der Waals surface area contributed by atoms with Crippen molar-refractivity contribution in [3.63, 3.8) is 0 Å². The molecule has 1 aromatic carbocycles. The smallest absolute Gasteiger partial charge is 0.115 e. The Labute approximate surface area is 77.8 Å². The van der Waals surface area contributed by atoms with Crippen molar-refractivity contribution < 1.29 is 10.2 Å².